The highest BCUT2D eigenvalue weighted by Crippen LogP contribution is 2.44. The predicted molar refractivity (Wildman–Crippen MR) is 196 cm³/mol. The molecule has 3 nitrogen and oxygen atoms in total. The van der Waals surface area contributed by atoms with Gasteiger partial charge in [0.15, 0.2) is 0 Å². The van der Waals surface area contributed by atoms with Gasteiger partial charge >= 0.3 is 0 Å². The molecule has 8 aromatic carbocycles. The van der Waals surface area contributed by atoms with Crippen LogP contribution in [0.25, 0.3) is 76.5 Å². The molecule has 220 valence electrons. The zero-order valence-corrected chi connectivity index (χ0v) is 25.4. The second kappa shape index (κ2) is 10.1. The summed E-state index contributed by atoms with van der Waals surface area (Å²) in [6.45, 7) is 0. The normalized spacial score (nSPS) is 11.8. The average molecular weight is 602 g/mol. The number of rotatable bonds is 4. The second-order valence-corrected chi connectivity index (χ2v) is 12.1. The van der Waals surface area contributed by atoms with Crippen molar-refractivity contribution in [2.75, 3.05) is 4.90 Å². The summed E-state index contributed by atoms with van der Waals surface area (Å²) in [5.41, 5.74) is 9.08. The third kappa shape index (κ3) is 4.07. The molecule has 3 heteroatoms. The van der Waals surface area contributed by atoms with E-state index >= 15 is 0 Å². The van der Waals surface area contributed by atoms with Crippen molar-refractivity contribution in [3.8, 4) is 11.1 Å². The van der Waals surface area contributed by atoms with Gasteiger partial charge in [-0.1, -0.05) is 97.1 Å². The van der Waals surface area contributed by atoms with Crippen LogP contribution in [0.3, 0.4) is 0 Å². The first-order chi connectivity index (χ1) is 23.3. The van der Waals surface area contributed by atoms with Crippen LogP contribution in [0.15, 0.2) is 173 Å². The van der Waals surface area contributed by atoms with Gasteiger partial charge in [0.1, 0.15) is 22.3 Å². The minimum Gasteiger partial charge on any atom is -0.456 e. The van der Waals surface area contributed by atoms with Crippen LogP contribution in [-0.2, 0) is 0 Å². The van der Waals surface area contributed by atoms with Gasteiger partial charge in [-0.2, -0.15) is 0 Å². The van der Waals surface area contributed by atoms with Crippen molar-refractivity contribution in [2.45, 2.75) is 0 Å². The van der Waals surface area contributed by atoms with Crippen LogP contribution in [0.5, 0.6) is 0 Å². The number of nitrogens with zero attached hydrogens (tertiary/aromatic N) is 1. The van der Waals surface area contributed by atoms with Crippen LogP contribution in [-0.4, -0.2) is 0 Å². The van der Waals surface area contributed by atoms with Crippen molar-refractivity contribution in [3.63, 3.8) is 0 Å². The maximum absolute atomic E-state index is 6.61. The Morgan fingerprint density at radius 2 is 1.09 bits per heavy atom. The summed E-state index contributed by atoms with van der Waals surface area (Å²) < 4.78 is 12.9. The summed E-state index contributed by atoms with van der Waals surface area (Å²) in [4.78, 5) is 2.33. The zero-order valence-electron chi connectivity index (χ0n) is 25.4. The smallest absolute Gasteiger partial charge is 0.143 e. The predicted octanol–water partition coefficient (Wildman–Crippen LogP) is 12.9. The van der Waals surface area contributed by atoms with E-state index < -0.39 is 0 Å². The van der Waals surface area contributed by atoms with Gasteiger partial charge in [-0.3, -0.25) is 0 Å². The zero-order chi connectivity index (χ0) is 30.9. The van der Waals surface area contributed by atoms with E-state index in [1.54, 1.807) is 0 Å². The molecule has 47 heavy (non-hydrogen) atoms. The van der Waals surface area contributed by atoms with Crippen molar-refractivity contribution in [3.05, 3.63) is 164 Å². The molecule has 0 unspecified atom stereocenters. The molecular weight excluding hydrogens is 574 g/mol. The lowest BCUT2D eigenvalue weighted by atomic mass is 9.97. The van der Waals surface area contributed by atoms with E-state index in [2.05, 4.69) is 157 Å². The summed E-state index contributed by atoms with van der Waals surface area (Å²) in [5, 5.41) is 9.17. The Morgan fingerprint density at radius 3 is 2.02 bits per heavy atom. The average Bonchev–Trinajstić information content (AvgIpc) is 3.69. The van der Waals surface area contributed by atoms with Crippen molar-refractivity contribution < 1.29 is 8.83 Å². The molecule has 0 bridgehead atoms. The molecule has 0 aliphatic rings. The largest absolute Gasteiger partial charge is 0.456 e. The Labute approximate surface area is 270 Å². The van der Waals surface area contributed by atoms with Gasteiger partial charge in [0.2, 0.25) is 0 Å². The highest BCUT2D eigenvalue weighted by Gasteiger charge is 2.19. The van der Waals surface area contributed by atoms with Crippen LogP contribution < -0.4 is 4.90 Å². The molecule has 0 saturated heterocycles. The molecular formula is C44H27NO2. The van der Waals surface area contributed by atoms with Crippen molar-refractivity contribution >= 4 is 82.5 Å². The lowest BCUT2D eigenvalue weighted by Gasteiger charge is -2.28. The van der Waals surface area contributed by atoms with E-state index in [9.17, 15) is 0 Å². The first kappa shape index (κ1) is 26.0. The number of fused-ring (bicyclic) bond motifs is 9. The van der Waals surface area contributed by atoms with Crippen LogP contribution in [0, 0.1) is 0 Å². The number of furan rings is 2. The lowest BCUT2D eigenvalue weighted by molar-refractivity contribution is 0.669. The Hall–Kier alpha value is -6.32. The lowest BCUT2D eigenvalue weighted by Crippen LogP contribution is -2.11. The standard InChI is InChI=1S/C44H27NO2/c1-2-11-32(12-3-1)45(33-21-23-37-38-22-20-28-10-4-5-14-35(28)44(38)47-43(37)27-33)40-16-8-6-13-34(40)30-19-18-29-25-39-36-15-7-9-17-41(36)46-42(39)26-31(29)24-30/h1-27H. The number of hydrogen-bond acceptors (Lipinski definition) is 3. The summed E-state index contributed by atoms with van der Waals surface area (Å²) >= 11 is 0. The van der Waals surface area contributed by atoms with Crippen LogP contribution in [0.1, 0.15) is 0 Å². The number of hydrogen-bond donors (Lipinski definition) is 0. The van der Waals surface area contributed by atoms with Gasteiger partial charge in [-0.25, -0.2) is 0 Å². The fraction of sp³-hybridized carbons (Fsp3) is 0. The van der Waals surface area contributed by atoms with Gasteiger partial charge in [-0.15, -0.1) is 0 Å². The van der Waals surface area contributed by atoms with E-state index in [-0.39, 0.29) is 0 Å². The summed E-state index contributed by atoms with van der Waals surface area (Å²) in [6, 6.07) is 57.9. The molecule has 0 aliphatic carbocycles. The highest BCUT2D eigenvalue weighted by atomic mass is 16.3. The van der Waals surface area contributed by atoms with Gasteiger partial charge in [-0.05, 0) is 82.4 Å². The molecule has 0 radical (unpaired) electrons. The number of benzene rings is 8. The maximum atomic E-state index is 6.61. The van der Waals surface area contributed by atoms with E-state index in [0.717, 1.165) is 82.8 Å². The summed E-state index contributed by atoms with van der Waals surface area (Å²) in [6.07, 6.45) is 0. The summed E-state index contributed by atoms with van der Waals surface area (Å²) in [7, 11) is 0. The molecule has 0 spiro atoms. The Bertz CT molecular complexity index is 2810. The van der Waals surface area contributed by atoms with Crippen molar-refractivity contribution in [2.24, 2.45) is 0 Å². The molecule has 0 saturated carbocycles. The van der Waals surface area contributed by atoms with Gasteiger partial charge < -0.3 is 13.7 Å². The van der Waals surface area contributed by atoms with Crippen LogP contribution >= 0.6 is 0 Å². The van der Waals surface area contributed by atoms with Gasteiger partial charge in [0.25, 0.3) is 0 Å². The third-order valence-electron chi connectivity index (χ3n) is 9.41. The first-order valence-corrected chi connectivity index (χ1v) is 15.9. The molecule has 2 aromatic heterocycles. The summed E-state index contributed by atoms with van der Waals surface area (Å²) in [5.74, 6) is 0. The molecule has 10 aromatic rings. The minimum absolute atomic E-state index is 0.868. The maximum Gasteiger partial charge on any atom is 0.143 e. The van der Waals surface area contributed by atoms with E-state index in [1.807, 2.05) is 12.1 Å². The SMILES string of the molecule is c1ccc(N(c2ccc3c(c2)oc2c4ccccc4ccc32)c2ccccc2-c2ccc3cc4c(cc3c2)oc2ccccc24)cc1. The topological polar surface area (TPSA) is 29.5 Å². The monoisotopic (exact) mass is 601 g/mol. The molecule has 0 amide bonds. The number of para-hydroxylation sites is 3. The molecule has 0 atom stereocenters. The molecule has 0 fully saturated rings. The first-order valence-electron chi connectivity index (χ1n) is 15.9. The fourth-order valence-electron chi connectivity index (χ4n) is 7.19. The molecule has 2 heterocycles. The van der Waals surface area contributed by atoms with Gasteiger partial charge in [0.05, 0.1) is 5.69 Å². The van der Waals surface area contributed by atoms with Crippen molar-refractivity contribution in [1.82, 2.24) is 0 Å². The van der Waals surface area contributed by atoms with Crippen molar-refractivity contribution in [1.29, 1.82) is 0 Å². The molecule has 10 rings (SSSR count). The number of anilines is 3. The quantitative estimate of drug-likeness (QED) is 0.201. The third-order valence-corrected chi connectivity index (χ3v) is 9.41. The van der Waals surface area contributed by atoms with E-state index in [4.69, 9.17) is 8.83 Å². The minimum atomic E-state index is 0.868. The van der Waals surface area contributed by atoms with Crippen LogP contribution in [0.4, 0.5) is 17.1 Å². The fourth-order valence-corrected chi connectivity index (χ4v) is 7.19. The molecule has 0 aliphatic heterocycles. The molecule has 0 N–H and O–H groups in total. The van der Waals surface area contributed by atoms with Crippen LogP contribution in [0.2, 0.25) is 0 Å². The van der Waals surface area contributed by atoms with Gasteiger partial charge in [0, 0.05) is 49.9 Å². The Morgan fingerprint density at radius 1 is 0.362 bits per heavy atom. The Kier molecular flexibility index (Phi) is 5.57. The Balaban J connectivity index is 1.15. The second-order valence-electron chi connectivity index (χ2n) is 12.1. The van der Waals surface area contributed by atoms with E-state index in [1.165, 1.54) is 10.8 Å². The highest BCUT2D eigenvalue weighted by molar-refractivity contribution is 6.15. The van der Waals surface area contributed by atoms with E-state index in [0.29, 0.717) is 0 Å².